The molecule has 0 radical (unpaired) electrons. The molecule has 0 aliphatic heterocycles. The van der Waals surface area contributed by atoms with Crippen LogP contribution in [-0.4, -0.2) is 13.2 Å². The molecule has 0 aromatic heterocycles. The van der Waals surface area contributed by atoms with Crippen molar-refractivity contribution in [2.24, 2.45) is 0 Å². The molecule has 1 aromatic carbocycles. The van der Waals surface area contributed by atoms with Crippen LogP contribution in [0.4, 0.5) is 17.3 Å². The average molecular weight is 390 g/mol. The molecule has 19 heavy (non-hydrogen) atoms. The minimum Gasteiger partial charge on any atom is -0.427 e. The Bertz CT molecular complexity index is 414. The summed E-state index contributed by atoms with van der Waals surface area (Å²) in [5.74, 6) is 0.449. The number of allylic oxidation sites excluding steroid dienone is 1. The average Bonchev–Trinajstić information content (AvgIpc) is 2.24. The summed E-state index contributed by atoms with van der Waals surface area (Å²) in [5, 5.41) is 0. The molecule has 0 atom stereocenters. The minimum atomic E-state index is -6.00. The predicted molar refractivity (Wildman–Crippen MR) is 60.8 cm³/mol. The number of ether oxygens (including phenoxy) is 1. The van der Waals surface area contributed by atoms with Gasteiger partial charge in [0.15, 0.2) is 13.4 Å². The molecule has 0 saturated carbocycles. The number of hydrogen-bond donors (Lipinski definition) is 0. The molecule has 1 rings (SSSR count). The lowest BCUT2D eigenvalue weighted by molar-refractivity contribution is -0.558. The Morgan fingerprint density at radius 3 is 2.05 bits per heavy atom. The Balaban J connectivity index is 0.000000555. The zero-order chi connectivity index (χ0) is 14.9. The van der Waals surface area contributed by atoms with E-state index in [0.717, 1.165) is 0 Å². The van der Waals surface area contributed by atoms with Crippen molar-refractivity contribution < 1.29 is 48.0 Å². The van der Waals surface area contributed by atoms with Gasteiger partial charge < -0.3 is 22.0 Å². The van der Waals surface area contributed by atoms with Crippen molar-refractivity contribution in [2.75, 3.05) is 0 Å². The normalized spacial score (nSPS) is 11.4. The molecule has 0 heterocycles. The monoisotopic (exact) mass is 390 g/mol. The second-order valence-electron chi connectivity index (χ2n) is 3.21. The number of halogens is 5. The molecular weight excluding hydrogens is 378 g/mol. The molecule has 0 aliphatic rings. The third-order valence-corrected chi connectivity index (χ3v) is 4.00. The summed E-state index contributed by atoms with van der Waals surface area (Å²) in [4.78, 5) is 10.6. The van der Waals surface area contributed by atoms with E-state index in [1.165, 1.54) is 10.5 Å². The number of rotatable bonds is 3. The number of carbonyl (C=O) groups excluding carboxylic acids is 1. The van der Waals surface area contributed by atoms with E-state index in [1.54, 1.807) is 0 Å². The third kappa shape index (κ3) is 14.9. The number of esters is 1. The van der Waals surface area contributed by atoms with Crippen LogP contribution in [-0.2, 0) is 9.53 Å². The van der Waals surface area contributed by atoms with Crippen LogP contribution in [0.5, 0.6) is 0 Å². The van der Waals surface area contributed by atoms with Crippen molar-refractivity contribution in [3.05, 3.63) is 43.7 Å². The van der Waals surface area contributed by atoms with Gasteiger partial charge in [-0.1, -0.05) is 18.2 Å². The first-order valence-corrected chi connectivity index (χ1v) is 7.42. The Hall–Kier alpha value is -1.06. The van der Waals surface area contributed by atoms with Crippen molar-refractivity contribution in [3.8, 4) is 0 Å². The maximum atomic E-state index is 10.6. The third-order valence-electron chi connectivity index (χ3n) is 1.37. The summed E-state index contributed by atoms with van der Waals surface area (Å²) in [6.45, 7) is 3.22. The van der Waals surface area contributed by atoms with Crippen LogP contribution < -0.4 is 21.2 Å². The van der Waals surface area contributed by atoms with Crippen LogP contribution in [0.2, 0.25) is 0 Å². The first kappa shape index (κ1) is 17.9. The number of benzene rings is 1. The van der Waals surface area contributed by atoms with E-state index in [4.69, 9.17) is 4.74 Å². The summed E-state index contributed by atoms with van der Waals surface area (Å²) in [5.41, 5.74) is 0. The second-order valence-corrected chi connectivity index (χ2v) is 5.70. The summed E-state index contributed by atoms with van der Waals surface area (Å²) in [7, 11) is -6.00. The minimum absolute atomic E-state index is 0.185. The van der Waals surface area contributed by atoms with Crippen LogP contribution in [0.3, 0.4) is 0 Å². The molecule has 0 unspecified atom stereocenters. The van der Waals surface area contributed by atoms with E-state index in [9.17, 15) is 22.1 Å². The first-order valence-electron chi connectivity index (χ1n) is 5.09. The predicted octanol–water partition coefficient (Wildman–Crippen LogP) is 0.670. The second kappa shape index (κ2) is 8.95. The van der Waals surface area contributed by atoms with Crippen LogP contribution in [0.15, 0.2) is 40.2 Å². The lowest BCUT2D eigenvalue weighted by Gasteiger charge is -1.94. The Labute approximate surface area is 119 Å². The van der Waals surface area contributed by atoms with Gasteiger partial charge in [-0.3, -0.25) is 4.79 Å². The maximum Gasteiger partial charge on any atom is 0.673 e. The molecule has 0 aliphatic carbocycles. The van der Waals surface area contributed by atoms with Crippen molar-refractivity contribution in [3.63, 3.8) is 0 Å². The van der Waals surface area contributed by atoms with Gasteiger partial charge in [0.1, 0.15) is 0 Å². The Morgan fingerprint density at radius 1 is 1.16 bits per heavy atom. The zero-order valence-corrected chi connectivity index (χ0v) is 12.4. The van der Waals surface area contributed by atoms with Crippen molar-refractivity contribution in [2.45, 2.75) is 13.8 Å². The van der Waals surface area contributed by atoms with E-state index in [0.29, 0.717) is 5.76 Å². The van der Waals surface area contributed by atoms with Gasteiger partial charge in [0, 0.05) is 6.92 Å². The van der Waals surface area contributed by atoms with Gasteiger partial charge in [-0.2, -0.15) is 0 Å². The highest BCUT2D eigenvalue weighted by molar-refractivity contribution is 6.50. The summed E-state index contributed by atoms with van der Waals surface area (Å²) < 4.78 is 47.2. The van der Waals surface area contributed by atoms with Gasteiger partial charge in [0.05, 0.1) is 0 Å². The van der Waals surface area contributed by atoms with E-state index in [2.05, 4.69) is 12.1 Å². The molecule has 0 spiro atoms. The van der Waals surface area contributed by atoms with Gasteiger partial charge in [0.25, 0.3) is 0 Å². The van der Waals surface area contributed by atoms with Crippen LogP contribution >= 0.6 is 0 Å². The molecule has 2 nitrogen and oxygen atoms in total. The highest BCUT2D eigenvalue weighted by Crippen LogP contribution is 2.06. The van der Waals surface area contributed by atoms with Gasteiger partial charge in [-0.25, -0.2) is 0 Å². The quantitative estimate of drug-likeness (QED) is 0.250. The fourth-order valence-corrected chi connectivity index (χ4v) is 2.63. The van der Waals surface area contributed by atoms with E-state index < -0.39 is 7.25 Å². The van der Waals surface area contributed by atoms with Crippen molar-refractivity contribution in [1.29, 1.82) is 0 Å². The Kier molecular flexibility index (Phi) is 8.45. The maximum absolute atomic E-state index is 10.6. The molecular formula is C11H12BF4IO2. The molecule has 8 heteroatoms. The number of hydrogen-bond acceptors (Lipinski definition) is 2. The molecule has 106 valence electrons. The number of carbonyl (C=O) groups is 1. The fraction of sp³-hybridized carbons (Fsp3) is 0.182. The van der Waals surface area contributed by atoms with Crippen molar-refractivity contribution in [1.82, 2.24) is 0 Å². The zero-order valence-electron chi connectivity index (χ0n) is 10.2. The van der Waals surface area contributed by atoms with Crippen molar-refractivity contribution >= 4 is 13.2 Å². The van der Waals surface area contributed by atoms with E-state index in [-0.39, 0.29) is 27.2 Å². The summed E-state index contributed by atoms with van der Waals surface area (Å²) in [6, 6.07) is 10.2. The molecule has 0 bridgehead atoms. The first-order chi connectivity index (χ1) is 8.68. The van der Waals surface area contributed by atoms with Crippen LogP contribution in [0, 0.1) is 3.57 Å². The highest BCUT2D eigenvalue weighted by atomic mass is 127. The van der Waals surface area contributed by atoms with Gasteiger partial charge in [0.2, 0.25) is 0 Å². The SMILES string of the molecule is CC(=O)O/C(C)=C\[I+]c1ccccc1.F[B-](F)(F)F. The largest absolute Gasteiger partial charge is 0.673 e. The standard InChI is InChI=1S/C11H12IO2.BF4/c1-9(14-10(2)13)8-12-11-6-4-3-5-7-11;2-1(3,4)5/h3-8H,1-2H3;/q+1;-1/b9-8-;. The summed E-state index contributed by atoms with van der Waals surface area (Å²) in [6.07, 6.45) is 0. The highest BCUT2D eigenvalue weighted by Gasteiger charge is 2.20. The molecule has 1 aromatic rings. The Morgan fingerprint density at radius 2 is 1.63 bits per heavy atom. The lowest BCUT2D eigenvalue weighted by atomic mass is 10.3. The van der Waals surface area contributed by atoms with Crippen LogP contribution in [0.1, 0.15) is 13.8 Å². The molecule has 0 fully saturated rings. The molecule has 0 saturated heterocycles. The summed E-state index contributed by atoms with van der Waals surface area (Å²) >= 11 is -0.185. The van der Waals surface area contributed by atoms with Gasteiger partial charge >= 0.3 is 34.4 Å². The van der Waals surface area contributed by atoms with Gasteiger partial charge in [-0.05, 0) is 19.1 Å². The topological polar surface area (TPSA) is 26.3 Å². The van der Waals surface area contributed by atoms with Crippen LogP contribution in [0.25, 0.3) is 0 Å². The molecule has 0 N–H and O–H groups in total. The smallest absolute Gasteiger partial charge is 0.427 e. The molecule has 0 amide bonds. The van der Waals surface area contributed by atoms with Gasteiger partial charge in [-0.15, -0.1) is 0 Å². The fourth-order valence-electron chi connectivity index (χ4n) is 0.876. The van der Waals surface area contributed by atoms with E-state index in [1.807, 2.05) is 29.2 Å². The van der Waals surface area contributed by atoms with E-state index >= 15 is 0 Å². The lowest BCUT2D eigenvalue weighted by Crippen LogP contribution is -3.59.